The van der Waals surface area contributed by atoms with Crippen LogP contribution in [0.5, 0.6) is 5.75 Å². The van der Waals surface area contributed by atoms with E-state index in [0.717, 1.165) is 27.1 Å². The first-order chi connectivity index (χ1) is 12.3. The molecular formula is C18H15BrN4O2. The number of para-hydroxylation sites is 1. The molecule has 2 aromatic carbocycles. The van der Waals surface area contributed by atoms with Crippen molar-refractivity contribution in [1.82, 2.24) is 14.8 Å². The van der Waals surface area contributed by atoms with E-state index >= 15 is 0 Å². The van der Waals surface area contributed by atoms with E-state index in [-0.39, 0.29) is 6.04 Å². The highest BCUT2D eigenvalue weighted by Gasteiger charge is 2.29. The lowest BCUT2D eigenvalue weighted by Crippen LogP contribution is -2.31. The number of aromatic nitrogens is 3. The molecule has 1 aromatic heterocycles. The molecule has 6 nitrogen and oxygen atoms in total. The average Bonchev–Trinajstić information content (AvgIpc) is 3.18. The van der Waals surface area contributed by atoms with Crippen molar-refractivity contribution >= 4 is 21.6 Å². The van der Waals surface area contributed by atoms with Gasteiger partial charge < -0.3 is 9.57 Å². The molecule has 0 aliphatic carbocycles. The summed E-state index contributed by atoms with van der Waals surface area (Å²) in [5.74, 6) is 0.796. The molecule has 1 atom stereocenters. The van der Waals surface area contributed by atoms with Crippen LogP contribution in [0.2, 0.25) is 0 Å². The Hall–Kier alpha value is -2.67. The van der Waals surface area contributed by atoms with Crippen LogP contribution in [-0.2, 0) is 11.4 Å². The molecule has 1 unspecified atom stereocenters. The smallest absolute Gasteiger partial charge is 0.142 e. The predicted molar refractivity (Wildman–Crippen MR) is 96.5 cm³/mol. The number of oxime groups is 1. The van der Waals surface area contributed by atoms with Crippen LogP contribution >= 0.6 is 15.9 Å². The minimum Gasteiger partial charge on any atom is -0.490 e. The highest BCUT2D eigenvalue weighted by molar-refractivity contribution is 9.10. The van der Waals surface area contributed by atoms with Crippen LogP contribution in [0.1, 0.15) is 17.2 Å². The lowest BCUT2D eigenvalue weighted by atomic mass is 10.0. The molecule has 0 saturated heterocycles. The van der Waals surface area contributed by atoms with E-state index in [4.69, 9.17) is 9.57 Å². The van der Waals surface area contributed by atoms with Crippen molar-refractivity contribution in [2.75, 3.05) is 6.61 Å². The molecule has 0 saturated carbocycles. The van der Waals surface area contributed by atoms with Crippen molar-refractivity contribution in [3.05, 3.63) is 76.8 Å². The highest BCUT2D eigenvalue weighted by atomic mass is 79.9. The van der Waals surface area contributed by atoms with Crippen LogP contribution < -0.4 is 4.74 Å². The summed E-state index contributed by atoms with van der Waals surface area (Å²) in [5, 5.41) is 8.64. The van der Waals surface area contributed by atoms with E-state index in [1.807, 2.05) is 48.5 Å². The van der Waals surface area contributed by atoms with E-state index in [9.17, 15) is 0 Å². The van der Waals surface area contributed by atoms with Gasteiger partial charge in [0.1, 0.15) is 43.4 Å². The number of hydrogen-bond donors (Lipinski definition) is 0. The number of fused-ring (bicyclic) bond motifs is 1. The van der Waals surface area contributed by atoms with Crippen molar-refractivity contribution in [2.45, 2.75) is 12.6 Å². The molecule has 0 bridgehead atoms. The average molecular weight is 399 g/mol. The third-order valence-corrected chi connectivity index (χ3v) is 4.47. The summed E-state index contributed by atoms with van der Waals surface area (Å²) in [4.78, 5) is 9.66. The second kappa shape index (κ2) is 7.06. The molecule has 1 aliphatic rings. The number of ether oxygens (including phenoxy) is 1. The van der Waals surface area contributed by atoms with Gasteiger partial charge >= 0.3 is 0 Å². The van der Waals surface area contributed by atoms with Crippen LogP contribution in [0.25, 0.3) is 0 Å². The summed E-state index contributed by atoms with van der Waals surface area (Å²) in [6, 6.07) is 15.6. The Morgan fingerprint density at radius 1 is 1.20 bits per heavy atom. The molecule has 0 amide bonds. The number of nitrogens with zero attached hydrogens (tertiary/aromatic N) is 4. The zero-order chi connectivity index (χ0) is 17.1. The Labute approximate surface area is 153 Å². The van der Waals surface area contributed by atoms with Gasteiger partial charge in [-0.15, -0.1) is 0 Å². The van der Waals surface area contributed by atoms with E-state index < -0.39 is 0 Å². The SMILES string of the molecule is Brc1ccc(CO/N=C2/c3ccccc3OCC2n2cncn2)cc1. The molecule has 3 aromatic rings. The molecule has 1 aliphatic heterocycles. The van der Waals surface area contributed by atoms with Gasteiger partial charge in [-0.3, -0.25) is 0 Å². The Morgan fingerprint density at radius 2 is 2.04 bits per heavy atom. The highest BCUT2D eigenvalue weighted by Crippen LogP contribution is 2.29. The molecule has 0 N–H and O–H groups in total. The minimum absolute atomic E-state index is 0.178. The molecule has 126 valence electrons. The van der Waals surface area contributed by atoms with Gasteiger partial charge in [0, 0.05) is 10.0 Å². The van der Waals surface area contributed by atoms with Crippen molar-refractivity contribution in [3.63, 3.8) is 0 Å². The second-order valence-electron chi connectivity index (χ2n) is 5.57. The maximum Gasteiger partial charge on any atom is 0.142 e. The fraction of sp³-hybridized carbons (Fsp3) is 0.167. The summed E-state index contributed by atoms with van der Waals surface area (Å²) in [6.07, 6.45) is 3.16. The third kappa shape index (κ3) is 3.41. The van der Waals surface area contributed by atoms with Gasteiger partial charge in [0.2, 0.25) is 0 Å². The Bertz CT molecular complexity index is 878. The summed E-state index contributed by atoms with van der Waals surface area (Å²) >= 11 is 3.43. The number of halogens is 1. The van der Waals surface area contributed by atoms with Crippen LogP contribution in [0.3, 0.4) is 0 Å². The van der Waals surface area contributed by atoms with E-state index in [1.54, 1.807) is 11.0 Å². The van der Waals surface area contributed by atoms with Crippen molar-refractivity contribution in [3.8, 4) is 5.75 Å². The quantitative estimate of drug-likeness (QED) is 0.629. The maximum absolute atomic E-state index is 5.84. The van der Waals surface area contributed by atoms with Crippen molar-refractivity contribution in [2.24, 2.45) is 5.16 Å². The van der Waals surface area contributed by atoms with Gasteiger partial charge in [0.05, 0.1) is 0 Å². The second-order valence-corrected chi connectivity index (χ2v) is 6.49. The van der Waals surface area contributed by atoms with Crippen LogP contribution in [0, 0.1) is 0 Å². The lowest BCUT2D eigenvalue weighted by molar-refractivity contribution is 0.127. The number of hydrogen-bond acceptors (Lipinski definition) is 5. The maximum atomic E-state index is 5.84. The van der Waals surface area contributed by atoms with Gasteiger partial charge in [-0.2, -0.15) is 5.10 Å². The van der Waals surface area contributed by atoms with Crippen molar-refractivity contribution < 1.29 is 9.57 Å². The molecule has 2 heterocycles. The topological polar surface area (TPSA) is 61.5 Å². The minimum atomic E-state index is -0.178. The van der Waals surface area contributed by atoms with Crippen molar-refractivity contribution in [1.29, 1.82) is 0 Å². The molecule has 0 fully saturated rings. The molecule has 4 rings (SSSR count). The van der Waals surface area contributed by atoms with E-state index in [2.05, 4.69) is 31.2 Å². The first kappa shape index (κ1) is 15.8. The zero-order valence-corrected chi connectivity index (χ0v) is 14.8. The number of rotatable bonds is 4. The Balaban J connectivity index is 1.61. The molecule has 0 radical (unpaired) electrons. The fourth-order valence-electron chi connectivity index (χ4n) is 2.68. The molecule has 7 heteroatoms. The summed E-state index contributed by atoms with van der Waals surface area (Å²) in [5.41, 5.74) is 2.74. The van der Waals surface area contributed by atoms with Crippen LogP contribution in [0.15, 0.2) is 70.8 Å². The fourth-order valence-corrected chi connectivity index (χ4v) is 2.94. The monoisotopic (exact) mass is 398 g/mol. The summed E-state index contributed by atoms with van der Waals surface area (Å²) in [7, 11) is 0. The lowest BCUT2D eigenvalue weighted by Gasteiger charge is -2.26. The Kier molecular flexibility index (Phi) is 4.47. The molecular weight excluding hydrogens is 384 g/mol. The zero-order valence-electron chi connectivity index (χ0n) is 13.2. The summed E-state index contributed by atoms with van der Waals surface area (Å²) in [6.45, 7) is 0.824. The first-order valence-corrected chi connectivity index (χ1v) is 8.61. The van der Waals surface area contributed by atoms with Crippen LogP contribution in [-0.4, -0.2) is 27.1 Å². The standard InChI is InChI=1S/C18H15BrN4O2/c19-14-7-5-13(6-8-14)9-25-22-18-15-3-1-2-4-17(15)24-10-16(18)23-12-20-11-21-23/h1-8,11-12,16H,9-10H2/b22-18-. The van der Waals surface area contributed by atoms with Gasteiger partial charge in [0.25, 0.3) is 0 Å². The van der Waals surface area contributed by atoms with Crippen LogP contribution in [0.4, 0.5) is 0 Å². The first-order valence-electron chi connectivity index (χ1n) is 7.82. The Morgan fingerprint density at radius 3 is 2.84 bits per heavy atom. The van der Waals surface area contributed by atoms with Gasteiger partial charge in [-0.1, -0.05) is 45.4 Å². The number of benzene rings is 2. The third-order valence-electron chi connectivity index (χ3n) is 3.94. The van der Waals surface area contributed by atoms with Gasteiger partial charge in [-0.05, 0) is 29.8 Å². The predicted octanol–water partition coefficient (Wildman–Crippen LogP) is 3.60. The molecule has 0 spiro atoms. The molecule has 25 heavy (non-hydrogen) atoms. The summed E-state index contributed by atoms with van der Waals surface area (Å²) < 4.78 is 8.61. The van der Waals surface area contributed by atoms with Gasteiger partial charge in [-0.25, -0.2) is 9.67 Å². The van der Waals surface area contributed by atoms with E-state index in [1.165, 1.54) is 6.33 Å². The largest absolute Gasteiger partial charge is 0.490 e. The van der Waals surface area contributed by atoms with Gasteiger partial charge in [0.15, 0.2) is 0 Å². The normalized spacial score (nSPS) is 17.8. The van der Waals surface area contributed by atoms with E-state index in [0.29, 0.717) is 13.2 Å².